The minimum Gasteiger partial charge on any atom is -0.355 e. The third kappa shape index (κ3) is 6.53. The molecule has 29 heavy (non-hydrogen) atoms. The number of aromatic nitrogens is 2. The Balaban J connectivity index is 1.45. The molecule has 1 saturated heterocycles. The average Bonchev–Trinajstić information content (AvgIpc) is 2.71. The molecule has 1 atom stereocenters. The van der Waals surface area contributed by atoms with E-state index in [4.69, 9.17) is 0 Å². The number of nitrogens with zero attached hydrogens (tertiary/aromatic N) is 3. The maximum Gasteiger partial charge on any atom is 0.224 e. The van der Waals surface area contributed by atoms with Gasteiger partial charge in [-0.15, -0.1) is 0 Å². The van der Waals surface area contributed by atoms with Crippen LogP contribution in [0.1, 0.15) is 42.0 Å². The molecule has 0 radical (unpaired) electrons. The molecule has 1 fully saturated rings. The largest absolute Gasteiger partial charge is 0.355 e. The Morgan fingerprint density at radius 2 is 2.03 bits per heavy atom. The number of piperidine rings is 1. The van der Waals surface area contributed by atoms with Crippen LogP contribution >= 0.6 is 0 Å². The van der Waals surface area contributed by atoms with Gasteiger partial charge in [0.05, 0.1) is 6.42 Å². The quantitative estimate of drug-likeness (QED) is 0.719. The lowest BCUT2D eigenvalue weighted by Gasteiger charge is -2.32. The van der Waals surface area contributed by atoms with Crippen molar-refractivity contribution < 1.29 is 4.79 Å². The molecule has 2 N–H and O–H groups in total. The summed E-state index contributed by atoms with van der Waals surface area (Å²) in [4.78, 5) is 23.6. The fourth-order valence-electron chi connectivity index (χ4n) is 3.89. The van der Waals surface area contributed by atoms with Crippen molar-refractivity contribution in [3.8, 4) is 0 Å². The summed E-state index contributed by atoms with van der Waals surface area (Å²) in [6.45, 7) is 10.7. The van der Waals surface area contributed by atoms with E-state index in [1.165, 1.54) is 11.1 Å². The van der Waals surface area contributed by atoms with E-state index in [-0.39, 0.29) is 5.91 Å². The van der Waals surface area contributed by atoms with Crippen molar-refractivity contribution in [3.63, 3.8) is 0 Å². The molecule has 1 amide bonds. The van der Waals surface area contributed by atoms with Crippen LogP contribution in [-0.2, 0) is 17.8 Å². The molecule has 1 aliphatic heterocycles. The van der Waals surface area contributed by atoms with Gasteiger partial charge in [0, 0.05) is 44.1 Å². The monoisotopic (exact) mass is 395 g/mol. The molecule has 6 nitrogen and oxygen atoms in total. The lowest BCUT2D eigenvalue weighted by molar-refractivity contribution is -0.120. The Kier molecular flexibility index (Phi) is 7.58. The van der Waals surface area contributed by atoms with E-state index in [1.54, 1.807) is 0 Å². The fraction of sp³-hybridized carbons (Fsp3) is 0.522. The van der Waals surface area contributed by atoms with Gasteiger partial charge >= 0.3 is 0 Å². The third-order valence-corrected chi connectivity index (χ3v) is 5.49. The van der Waals surface area contributed by atoms with Crippen molar-refractivity contribution in [1.82, 2.24) is 20.2 Å². The molecule has 0 spiro atoms. The summed E-state index contributed by atoms with van der Waals surface area (Å²) in [7, 11) is 0. The Labute approximate surface area is 174 Å². The molecule has 1 aliphatic rings. The summed E-state index contributed by atoms with van der Waals surface area (Å²) in [5.74, 6) is 1.29. The van der Waals surface area contributed by atoms with Crippen LogP contribution in [-0.4, -0.2) is 47.0 Å². The first-order valence-corrected chi connectivity index (χ1v) is 10.6. The lowest BCUT2D eigenvalue weighted by Crippen LogP contribution is -2.41. The summed E-state index contributed by atoms with van der Waals surface area (Å²) in [5.41, 5.74) is 4.63. The molecule has 2 heterocycles. The van der Waals surface area contributed by atoms with E-state index in [1.807, 2.05) is 19.3 Å². The van der Waals surface area contributed by atoms with Gasteiger partial charge in [-0.2, -0.15) is 0 Å². The summed E-state index contributed by atoms with van der Waals surface area (Å²) in [6.07, 6.45) is 6.59. The predicted molar refractivity (Wildman–Crippen MR) is 117 cm³/mol. The summed E-state index contributed by atoms with van der Waals surface area (Å²) in [5, 5.41) is 6.28. The van der Waals surface area contributed by atoms with E-state index in [0.717, 1.165) is 56.7 Å². The van der Waals surface area contributed by atoms with E-state index in [2.05, 4.69) is 57.5 Å². The van der Waals surface area contributed by atoms with Gasteiger partial charge in [0.25, 0.3) is 0 Å². The molecule has 156 valence electrons. The van der Waals surface area contributed by atoms with Gasteiger partial charge in [-0.25, -0.2) is 9.97 Å². The Bertz CT molecular complexity index is 805. The second kappa shape index (κ2) is 10.3. The molecule has 3 rings (SSSR count). The van der Waals surface area contributed by atoms with E-state index in [0.29, 0.717) is 18.3 Å². The number of amides is 1. The van der Waals surface area contributed by atoms with Crippen LogP contribution in [0.5, 0.6) is 0 Å². The predicted octanol–water partition coefficient (Wildman–Crippen LogP) is 3.10. The average molecular weight is 396 g/mol. The molecule has 1 aromatic carbocycles. The van der Waals surface area contributed by atoms with Crippen molar-refractivity contribution in [3.05, 3.63) is 52.8 Å². The minimum atomic E-state index is 0.114. The maximum atomic E-state index is 12.4. The summed E-state index contributed by atoms with van der Waals surface area (Å²) in [6, 6.07) is 6.29. The highest BCUT2D eigenvalue weighted by atomic mass is 16.1. The van der Waals surface area contributed by atoms with Crippen LogP contribution in [0.2, 0.25) is 0 Å². The van der Waals surface area contributed by atoms with E-state index < -0.39 is 0 Å². The summed E-state index contributed by atoms with van der Waals surface area (Å²) >= 11 is 0. The van der Waals surface area contributed by atoms with Crippen LogP contribution in [0.3, 0.4) is 0 Å². The maximum absolute atomic E-state index is 12.4. The third-order valence-electron chi connectivity index (χ3n) is 5.49. The number of rotatable bonds is 8. The molecular weight excluding hydrogens is 362 g/mol. The first-order valence-electron chi connectivity index (χ1n) is 10.6. The standard InChI is InChI=1S/C23H33N5O/c1-4-24-23-26-13-20(14-27-23)16-28-9-5-6-19(15-28)12-25-22(29)11-21-10-17(2)7-8-18(21)3/h7-8,10,13-14,19H,4-6,9,11-12,15-16H2,1-3H3,(H,25,29)(H,24,26,27). The van der Waals surface area contributed by atoms with E-state index >= 15 is 0 Å². The van der Waals surface area contributed by atoms with Crippen LogP contribution in [0.15, 0.2) is 30.6 Å². The SMILES string of the molecule is CCNc1ncc(CN2CCCC(CNC(=O)Cc3cc(C)ccc3C)C2)cn1. The molecule has 0 aliphatic carbocycles. The minimum absolute atomic E-state index is 0.114. The van der Waals surface area contributed by atoms with Gasteiger partial charge < -0.3 is 10.6 Å². The zero-order valence-electron chi connectivity index (χ0n) is 17.9. The van der Waals surface area contributed by atoms with Crippen molar-refractivity contribution in [2.75, 3.05) is 31.5 Å². The number of carbonyl (C=O) groups is 1. The topological polar surface area (TPSA) is 70.2 Å². The van der Waals surface area contributed by atoms with Crippen molar-refractivity contribution in [1.29, 1.82) is 0 Å². The van der Waals surface area contributed by atoms with Crippen molar-refractivity contribution in [2.24, 2.45) is 5.92 Å². The van der Waals surface area contributed by atoms with Crippen LogP contribution in [0.25, 0.3) is 0 Å². The van der Waals surface area contributed by atoms with Crippen molar-refractivity contribution >= 4 is 11.9 Å². The molecule has 1 aromatic heterocycles. The zero-order valence-corrected chi connectivity index (χ0v) is 17.9. The van der Waals surface area contributed by atoms with Gasteiger partial charge in [-0.05, 0) is 57.2 Å². The van der Waals surface area contributed by atoms with Crippen LogP contribution in [0.4, 0.5) is 5.95 Å². The second-order valence-electron chi connectivity index (χ2n) is 8.10. The number of carbonyl (C=O) groups excluding carboxylic acids is 1. The molecule has 1 unspecified atom stereocenters. The number of likely N-dealkylation sites (tertiary alicyclic amines) is 1. The highest BCUT2D eigenvalue weighted by Gasteiger charge is 2.21. The highest BCUT2D eigenvalue weighted by molar-refractivity contribution is 5.79. The Hall–Kier alpha value is -2.47. The van der Waals surface area contributed by atoms with Gasteiger partial charge in [0.15, 0.2) is 0 Å². The number of benzene rings is 1. The van der Waals surface area contributed by atoms with Crippen LogP contribution < -0.4 is 10.6 Å². The molecule has 2 aromatic rings. The number of hydrogen-bond acceptors (Lipinski definition) is 5. The summed E-state index contributed by atoms with van der Waals surface area (Å²) < 4.78 is 0. The Morgan fingerprint density at radius 1 is 1.24 bits per heavy atom. The normalized spacial score (nSPS) is 17.1. The smallest absolute Gasteiger partial charge is 0.224 e. The number of anilines is 1. The van der Waals surface area contributed by atoms with Gasteiger partial charge in [-0.1, -0.05) is 23.8 Å². The van der Waals surface area contributed by atoms with E-state index in [9.17, 15) is 4.79 Å². The first kappa shape index (κ1) is 21.2. The number of nitrogens with one attached hydrogen (secondary N) is 2. The lowest BCUT2D eigenvalue weighted by atomic mass is 9.97. The molecule has 0 bridgehead atoms. The number of hydrogen-bond donors (Lipinski definition) is 2. The first-order chi connectivity index (χ1) is 14.0. The van der Waals surface area contributed by atoms with Gasteiger partial charge in [0.2, 0.25) is 11.9 Å². The zero-order chi connectivity index (χ0) is 20.6. The van der Waals surface area contributed by atoms with Gasteiger partial charge in [0.1, 0.15) is 0 Å². The van der Waals surface area contributed by atoms with Crippen molar-refractivity contribution in [2.45, 2.75) is 46.6 Å². The molecular formula is C23H33N5O. The highest BCUT2D eigenvalue weighted by Crippen LogP contribution is 2.18. The molecule has 0 saturated carbocycles. The van der Waals surface area contributed by atoms with Gasteiger partial charge in [-0.3, -0.25) is 9.69 Å². The second-order valence-corrected chi connectivity index (χ2v) is 8.10. The van der Waals surface area contributed by atoms with Crippen LogP contribution in [0, 0.1) is 19.8 Å². The molecule has 6 heteroatoms. The Morgan fingerprint density at radius 3 is 2.79 bits per heavy atom. The fourth-order valence-corrected chi connectivity index (χ4v) is 3.89. The number of aryl methyl sites for hydroxylation is 2.